The van der Waals surface area contributed by atoms with E-state index in [9.17, 15) is 29.9 Å². The number of aromatic hydroxyl groups is 2. The van der Waals surface area contributed by atoms with Crippen LogP contribution in [-0.2, 0) is 24.6 Å². The van der Waals surface area contributed by atoms with Gasteiger partial charge in [-0.3, -0.25) is 9.59 Å². The van der Waals surface area contributed by atoms with E-state index in [-0.39, 0.29) is 53.7 Å². The van der Waals surface area contributed by atoms with Crippen molar-refractivity contribution in [2.75, 3.05) is 13.2 Å². The Hall–Kier alpha value is -2.84. The quantitative estimate of drug-likeness (QED) is 0.230. The minimum atomic E-state index is -1.12. The van der Waals surface area contributed by atoms with Gasteiger partial charge < -0.3 is 19.8 Å². The molecule has 0 radical (unpaired) electrons. The Morgan fingerprint density at radius 1 is 1.18 bits per heavy atom. The van der Waals surface area contributed by atoms with Crippen LogP contribution in [0.1, 0.15) is 76.8 Å². The van der Waals surface area contributed by atoms with Crippen LogP contribution in [0.3, 0.4) is 0 Å². The number of unbranched alkanes of at least 4 members (excludes halogenated alkanes) is 2. The maximum atomic E-state index is 12.7. The smallest absolute Gasteiger partial charge is 0.315 e. The molecule has 182 valence electrons. The molecule has 2 bridgehead atoms. The zero-order chi connectivity index (χ0) is 24.6. The number of phenolic OH excluding ortho intramolecular Hbond substituents is 2. The average Bonchev–Trinajstić information content (AvgIpc) is 2.71. The van der Waals surface area contributed by atoms with Crippen molar-refractivity contribution in [1.82, 2.24) is 0 Å². The number of carbonyl (C=O) groups excluding carboxylic acids is 2. The zero-order valence-electron chi connectivity index (χ0n) is 19.6. The fraction of sp³-hybridized carbons (Fsp3) is 0.667. The Kier molecular flexibility index (Phi) is 6.91. The second-order valence-corrected chi connectivity index (χ2v) is 10.3. The van der Waals surface area contributed by atoms with Gasteiger partial charge >= 0.3 is 5.97 Å². The lowest BCUT2D eigenvalue weighted by Crippen LogP contribution is -2.56. The van der Waals surface area contributed by atoms with Crippen LogP contribution in [0.15, 0.2) is 12.1 Å². The fourth-order valence-corrected chi connectivity index (χ4v) is 5.34. The van der Waals surface area contributed by atoms with Gasteiger partial charge in [0.05, 0.1) is 18.6 Å². The topological polar surface area (TPSA) is 136 Å². The van der Waals surface area contributed by atoms with E-state index in [0.717, 1.165) is 6.42 Å². The molecule has 2 N–H and O–H groups in total. The molecule has 3 atom stereocenters. The Morgan fingerprint density at radius 2 is 1.79 bits per heavy atom. The number of Topliss-reactive ketones (excluding diaryl/α,β-unsaturated/α-hetero) is 1. The highest BCUT2D eigenvalue weighted by molar-refractivity contribution is 5.86. The molecule has 0 aliphatic heterocycles. The number of hydrogen-bond acceptors (Lipinski definition) is 8. The van der Waals surface area contributed by atoms with Crippen molar-refractivity contribution < 1.29 is 34.5 Å². The van der Waals surface area contributed by atoms with E-state index in [1.54, 1.807) is 13.8 Å². The lowest BCUT2D eigenvalue weighted by molar-refractivity contribution is -0.757. The van der Waals surface area contributed by atoms with Crippen molar-refractivity contribution in [3.05, 3.63) is 33.4 Å². The number of hydrogen-bond donors (Lipinski definition) is 2. The summed E-state index contributed by atoms with van der Waals surface area (Å²) in [6.07, 6.45) is 2.69. The monoisotopic (exact) mass is 463 g/mol. The van der Waals surface area contributed by atoms with Crippen LogP contribution < -0.4 is 0 Å². The number of fused-ring (bicyclic) bond motifs is 2. The second kappa shape index (κ2) is 9.19. The van der Waals surface area contributed by atoms with Crippen LogP contribution in [0.2, 0.25) is 0 Å². The van der Waals surface area contributed by atoms with Crippen molar-refractivity contribution in [3.8, 4) is 11.5 Å². The minimum absolute atomic E-state index is 0.00261. The van der Waals surface area contributed by atoms with Gasteiger partial charge in [-0.15, -0.1) is 10.1 Å². The van der Waals surface area contributed by atoms with Crippen LogP contribution in [-0.4, -0.2) is 40.3 Å². The molecule has 3 saturated carbocycles. The molecule has 4 rings (SSSR count). The summed E-state index contributed by atoms with van der Waals surface area (Å²) in [6, 6.07) is 2.96. The third-order valence-electron chi connectivity index (χ3n) is 7.60. The minimum Gasteiger partial charge on any atom is -0.508 e. The number of phenols is 2. The Morgan fingerprint density at radius 3 is 2.33 bits per heavy atom. The van der Waals surface area contributed by atoms with Gasteiger partial charge in [-0.1, -0.05) is 13.8 Å². The molecule has 0 amide bonds. The maximum Gasteiger partial charge on any atom is 0.315 e. The number of ketones is 1. The summed E-state index contributed by atoms with van der Waals surface area (Å²) < 4.78 is 5.36. The number of nitrogens with zero attached hydrogens (tertiary/aromatic N) is 1. The van der Waals surface area contributed by atoms with Gasteiger partial charge in [-0.05, 0) is 68.6 Å². The van der Waals surface area contributed by atoms with E-state index in [2.05, 4.69) is 18.7 Å². The Bertz CT molecular complexity index is 915. The third-order valence-corrected chi connectivity index (χ3v) is 7.60. The maximum absolute atomic E-state index is 12.7. The molecule has 33 heavy (non-hydrogen) atoms. The van der Waals surface area contributed by atoms with Crippen molar-refractivity contribution in [3.63, 3.8) is 0 Å². The summed E-state index contributed by atoms with van der Waals surface area (Å²) in [4.78, 5) is 39.6. The highest BCUT2D eigenvalue weighted by Gasteiger charge is 2.59. The first-order valence-electron chi connectivity index (χ1n) is 11.4. The second-order valence-electron chi connectivity index (χ2n) is 10.3. The standard InChI is InChI=1S/C24H33NO8/c1-23(2,22(29)32-8-6-5-7-9-33-25(30)31)14-10-19(27)21(20(28)11-14)15-12-18(26)17-13-16(15)24(17,3)4/h10-11,15-17,27-28H,5-9,12-13H2,1-4H3/t15-,16+,17-/m0/s1. The highest BCUT2D eigenvalue weighted by Crippen LogP contribution is 2.64. The molecule has 0 aromatic heterocycles. The molecule has 3 aliphatic carbocycles. The zero-order valence-corrected chi connectivity index (χ0v) is 19.6. The van der Waals surface area contributed by atoms with Gasteiger partial charge in [0, 0.05) is 23.8 Å². The number of rotatable bonds is 10. The molecule has 3 aliphatic rings. The van der Waals surface area contributed by atoms with Crippen molar-refractivity contribution in [2.45, 2.75) is 71.1 Å². The number of benzene rings is 1. The van der Waals surface area contributed by atoms with E-state index < -0.39 is 16.5 Å². The molecule has 1 aromatic carbocycles. The van der Waals surface area contributed by atoms with Gasteiger partial charge in [0.15, 0.2) is 0 Å². The SMILES string of the molecule is CC(C)(C(=O)OCCCCCO[N+](=O)[O-])c1cc(O)c([C@H]2CC(=O)[C@@H]3C[C@H]2C3(C)C)c(O)c1. The van der Waals surface area contributed by atoms with Gasteiger partial charge in [-0.2, -0.15) is 0 Å². The number of esters is 1. The first-order chi connectivity index (χ1) is 15.4. The molecule has 0 saturated heterocycles. The summed E-state index contributed by atoms with van der Waals surface area (Å²) in [7, 11) is 0. The van der Waals surface area contributed by atoms with E-state index in [0.29, 0.717) is 36.8 Å². The van der Waals surface area contributed by atoms with E-state index in [1.165, 1.54) is 12.1 Å². The highest BCUT2D eigenvalue weighted by atomic mass is 16.9. The predicted molar refractivity (Wildman–Crippen MR) is 118 cm³/mol. The molecular formula is C24H33NO8. The van der Waals surface area contributed by atoms with Crippen LogP contribution in [0.25, 0.3) is 0 Å². The summed E-state index contributed by atoms with van der Waals surface area (Å²) in [5.41, 5.74) is -0.482. The van der Waals surface area contributed by atoms with Crippen LogP contribution >= 0.6 is 0 Å². The molecule has 0 heterocycles. The number of ether oxygens (including phenoxy) is 1. The normalized spacial score (nSPS) is 23.5. The van der Waals surface area contributed by atoms with E-state index in [4.69, 9.17) is 4.74 Å². The summed E-state index contributed by atoms with van der Waals surface area (Å²) in [6.45, 7) is 7.58. The van der Waals surface area contributed by atoms with Gasteiger partial charge in [0.25, 0.3) is 5.09 Å². The van der Waals surface area contributed by atoms with Crippen molar-refractivity contribution in [1.29, 1.82) is 0 Å². The van der Waals surface area contributed by atoms with Crippen molar-refractivity contribution in [2.24, 2.45) is 17.3 Å². The average molecular weight is 464 g/mol. The summed E-state index contributed by atoms with van der Waals surface area (Å²) in [5, 5.41) is 30.9. The molecule has 0 unspecified atom stereocenters. The lowest BCUT2D eigenvalue weighted by Gasteiger charge is -2.59. The molecular weight excluding hydrogens is 430 g/mol. The van der Waals surface area contributed by atoms with E-state index >= 15 is 0 Å². The van der Waals surface area contributed by atoms with Gasteiger partial charge in [0.2, 0.25) is 0 Å². The van der Waals surface area contributed by atoms with Gasteiger partial charge in [0.1, 0.15) is 17.3 Å². The first-order valence-corrected chi connectivity index (χ1v) is 11.4. The number of carbonyl (C=O) groups is 2. The third kappa shape index (κ3) is 4.77. The summed E-state index contributed by atoms with van der Waals surface area (Å²) >= 11 is 0. The van der Waals surface area contributed by atoms with E-state index in [1.807, 2.05) is 0 Å². The summed E-state index contributed by atoms with van der Waals surface area (Å²) in [5.74, 6) is -0.559. The predicted octanol–water partition coefficient (Wildman–Crippen LogP) is 4.02. The molecule has 1 aromatic rings. The lowest BCUT2D eigenvalue weighted by atomic mass is 9.44. The molecule has 9 heteroatoms. The molecule has 0 spiro atoms. The first kappa shape index (κ1) is 24.8. The Labute approximate surface area is 193 Å². The molecule has 9 nitrogen and oxygen atoms in total. The van der Waals surface area contributed by atoms with Crippen molar-refractivity contribution >= 4 is 11.8 Å². The largest absolute Gasteiger partial charge is 0.508 e. The fourth-order valence-electron chi connectivity index (χ4n) is 5.34. The van der Waals surface area contributed by atoms with Crippen LogP contribution in [0.5, 0.6) is 11.5 Å². The van der Waals surface area contributed by atoms with Crippen LogP contribution in [0, 0.1) is 27.4 Å². The van der Waals surface area contributed by atoms with Gasteiger partial charge in [-0.25, -0.2) is 0 Å². The van der Waals surface area contributed by atoms with Crippen LogP contribution in [0.4, 0.5) is 0 Å². The molecule has 3 fully saturated rings. The Balaban J connectivity index is 1.65.